The van der Waals surface area contributed by atoms with Crippen LogP contribution in [0.25, 0.3) is 0 Å². The van der Waals surface area contributed by atoms with Gasteiger partial charge in [-0.05, 0) is 43.5 Å². The Labute approximate surface area is 213 Å². The van der Waals surface area contributed by atoms with Crippen molar-refractivity contribution in [3.63, 3.8) is 0 Å². The Morgan fingerprint density at radius 1 is 1.00 bits per heavy atom. The zero-order chi connectivity index (χ0) is 25.5. The molecule has 0 unspecified atom stereocenters. The van der Waals surface area contributed by atoms with E-state index >= 15 is 0 Å². The number of piperazine rings is 1. The van der Waals surface area contributed by atoms with E-state index in [1.807, 2.05) is 24.3 Å². The molecule has 2 fully saturated rings. The van der Waals surface area contributed by atoms with Gasteiger partial charge in [-0.15, -0.1) is 0 Å². The summed E-state index contributed by atoms with van der Waals surface area (Å²) in [6.45, 7) is 6.05. The Hall–Kier alpha value is -2.84. The van der Waals surface area contributed by atoms with E-state index in [-0.39, 0.29) is 11.8 Å². The number of ether oxygens (including phenoxy) is 3. The van der Waals surface area contributed by atoms with Gasteiger partial charge in [0.05, 0.1) is 27.0 Å². The quantitative estimate of drug-likeness (QED) is 0.487. The van der Waals surface area contributed by atoms with Crippen LogP contribution in [0.15, 0.2) is 42.5 Å². The highest BCUT2D eigenvalue weighted by Crippen LogP contribution is 2.31. The number of hydrogen-bond acceptors (Lipinski definition) is 7. The van der Waals surface area contributed by atoms with Gasteiger partial charge in [-0.3, -0.25) is 14.6 Å². The molecule has 0 radical (unpaired) electrons. The minimum atomic E-state index is -0.163. The molecule has 0 aromatic heterocycles. The van der Waals surface area contributed by atoms with Gasteiger partial charge < -0.3 is 19.1 Å². The number of esters is 1. The number of para-hydroxylation sites is 1. The van der Waals surface area contributed by atoms with E-state index in [0.29, 0.717) is 24.1 Å². The summed E-state index contributed by atoms with van der Waals surface area (Å²) in [5.41, 5.74) is 1.81. The summed E-state index contributed by atoms with van der Waals surface area (Å²) >= 11 is 0. The Balaban J connectivity index is 1.41. The van der Waals surface area contributed by atoms with Crippen LogP contribution in [0.1, 0.15) is 24.8 Å². The largest absolute Gasteiger partial charge is 0.497 e. The van der Waals surface area contributed by atoms with E-state index in [1.165, 1.54) is 13.2 Å². The number of anilines is 1. The summed E-state index contributed by atoms with van der Waals surface area (Å²) < 4.78 is 30.2. The van der Waals surface area contributed by atoms with Crippen molar-refractivity contribution in [2.24, 2.45) is 5.92 Å². The normalized spacial score (nSPS) is 21.3. The van der Waals surface area contributed by atoms with Crippen LogP contribution in [0, 0.1) is 11.7 Å². The molecule has 2 atom stereocenters. The lowest BCUT2D eigenvalue weighted by Gasteiger charge is -2.47. The van der Waals surface area contributed by atoms with Gasteiger partial charge >= 0.3 is 5.97 Å². The molecule has 0 N–H and O–H groups in total. The van der Waals surface area contributed by atoms with Gasteiger partial charge in [0.1, 0.15) is 17.3 Å². The van der Waals surface area contributed by atoms with Crippen molar-refractivity contribution < 1.29 is 23.4 Å². The van der Waals surface area contributed by atoms with Gasteiger partial charge in [-0.25, -0.2) is 4.39 Å². The van der Waals surface area contributed by atoms with Gasteiger partial charge in [0.15, 0.2) is 0 Å². The zero-order valence-corrected chi connectivity index (χ0v) is 21.6. The average Bonchev–Trinajstić information content (AvgIpc) is 2.92. The molecule has 2 aromatic carbocycles. The summed E-state index contributed by atoms with van der Waals surface area (Å²) in [6.07, 6.45) is 2.25. The van der Waals surface area contributed by atoms with E-state index in [2.05, 4.69) is 20.8 Å². The molecular weight excluding hydrogens is 461 g/mol. The summed E-state index contributed by atoms with van der Waals surface area (Å²) in [5.74, 6) is 1.63. The molecular formula is C28H38FN3O4. The highest BCUT2D eigenvalue weighted by Gasteiger charge is 2.35. The fourth-order valence-electron chi connectivity index (χ4n) is 5.63. The van der Waals surface area contributed by atoms with Crippen molar-refractivity contribution in [1.82, 2.24) is 9.80 Å². The minimum Gasteiger partial charge on any atom is -0.497 e. The van der Waals surface area contributed by atoms with Gasteiger partial charge in [-0.1, -0.05) is 18.2 Å². The fourth-order valence-corrected chi connectivity index (χ4v) is 5.63. The summed E-state index contributed by atoms with van der Waals surface area (Å²) in [5, 5.41) is 0. The highest BCUT2D eigenvalue weighted by atomic mass is 19.1. The van der Waals surface area contributed by atoms with Crippen molar-refractivity contribution >= 4 is 11.7 Å². The molecule has 0 aliphatic carbocycles. The second-order valence-electron chi connectivity index (χ2n) is 9.62. The number of rotatable bonds is 9. The SMILES string of the molecule is COC(=O)CC[C@H]1CN(Cc2ccc(OC)cc2OC)CC[C@H]1N1CCN(c2ccccc2F)CC1. The zero-order valence-electron chi connectivity index (χ0n) is 21.6. The summed E-state index contributed by atoms with van der Waals surface area (Å²) in [4.78, 5) is 19.1. The lowest BCUT2D eigenvalue weighted by Crippen LogP contribution is -2.56. The topological polar surface area (TPSA) is 54.5 Å². The molecule has 0 amide bonds. The minimum absolute atomic E-state index is 0.160. The first-order chi connectivity index (χ1) is 17.5. The predicted molar refractivity (Wildman–Crippen MR) is 138 cm³/mol. The van der Waals surface area contributed by atoms with Gasteiger partial charge in [-0.2, -0.15) is 0 Å². The first-order valence-corrected chi connectivity index (χ1v) is 12.8. The second-order valence-corrected chi connectivity index (χ2v) is 9.62. The third kappa shape index (κ3) is 6.28. The van der Waals surface area contributed by atoms with Crippen LogP contribution in [0.2, 0.25) is 0 Å². The molecule has 2 aliphatic heterocycles. The highest BCUT2D eigenvalue weighted by molar-refractivity contribution is 5.69. The second kappa shape index (κ2) is 12.4. The average molecular weight is 500 g/mol. The number of methoxy groups -OCH3 is 3. The number of hydrogen-bond donors (Lipinski definition) is 0. The number of nitrogens with zero attached hydrogens (tertiary/aromatic N) is 3. The first-order valence-electron chi connectivity index (χ1n) is 12.8. The lowest BCUT2D eigenvalue weighted by molar-refractivity contribution is -0.141. The third-order valence-corrected chi connectivity index (χ3v) is 7.59. The van der Waals surface area contributed by atoms with Crippen LogP contribution >= 0.6 is 0 Å². The van der Waals surface area contributed by atoms with E-state index in [9.17, 15) is 9.18 Å². The van der Waals surface area contributed by atoms with Crippen molar-refractivity contribution in [3.8, 4) is 11.5 Å². The molecule has 8 heteroatoms. The van der Waals surface area contributed by atoms with E-state index in [0.717, 1.165) is 75.7 Å². The number of halogens is 1. The molecule has 7 nitrogen and oxygen atoms in total. The van der Waals surface area contributed by atoms with Gasteiger partial charge in [0, 0.05) is 63.4 Å². The molecule has 2 heterocycles. The lowest BCUT2D eigenvalue weighted by atomic mass is 9.86. The molecule has 0 saturated carbocycles. The predicted octanol–water partition coefficient (Wildman–Crippen LogP) is 3.81. The Bertz CT molecular complexity index is 1010. The number of carbonyl (C=O) groups excluding carboxylic acids is 1. The maximum Gasteiger partial charge on any atom is 0.305 e. The monoisotopic (exact) mass is 499 g/mol. The Kier molecular flexibility index (Phi) is 9.04. The van der Waals surface area contributed by atoms with E-state index in [1.54, 1.807) is 20.3 Å². The van der Waals surface area contributed by atoms with E-state index in [4.69, 9.17) is 14.2 Å². The van der Waals surface area contributed by atoms with Crippen LogP contribution in [0.3, 0.4) is 0 Å². The number of carbonyl (C=O) groups is 1. The summed E-state index contributed by atoms with van der Waals surface area (Å²) in [6, 6.07) is 13.4. The fraction of sp³-hybridized carbons (Fsp3) is 0.536. The van der Waals surface area contributed by atoms with Crippen LogP contribution in [-0.4, -0.2) is 82.4 Å². The van der Waals surface area contributed by atoms with Crippen LogP contribution < -0.4 is 14.4 Å². The van der Waals surface area contributed by atoms with Crippen LogP contribution in [0.5, 0.6) is 11.5 Å². The smallest absolute Gasteiger partial charge is 0.305 e. The van der Waals surface area contributed by atoms with Crippen molar-refractivity contribution in [2.45, 2.75) is 31.8 Å². The third-order valence-electron chi connectivity index (χ3n) is 7.59. The van der Waals surface area contributed by atoms with Crippen LogP contribution in [-0.2, 0) is 16.1 Å². The molecule has 2 aliphatic rings. The number of likely N-dealkylation sites (tertiary alicyclic amines) is 1. The molecule has 2 aromatic rings. The molecule has 0 bridgehead atoms. The molecule has 196 valence electrons. The van der Waals surface area contributed by atoms with Crippen molar-refractivity contribution in [1.29, 1.82) is 0 Å². The molecule has 0 spiro atoms. The maximum atomic E-state index is 14.3. The number of benzene rings is 2. The van der Waals surface area contributed by atoms with Gasteiger partial charge in [0.2, 0.25) is 0 Å². The maximum absolute atomic E-state index is 14.3. The Morgan fingerprint density at radius 2 is 1.78 bits per heavy atom. The number of piperidine rings is 1. The van der Waals surface area contributed by atoms with Crippen molar-refractivity contribution in [2.75, 3.05) is 65.5 Å². The molecule has 2 saturated heterocycles. The molecule has 4 rings (SSSR count). The molecule has 36 heavy (non-hydrogen) atoms. The first kappa shape index (κ1) is 26.2. The Morgan fingerprint density at radius 3 is 2.47 bits per heavy atom. The summed E-state index contributed by atoms with van der Waals surface area (Å²) in [7, 11) is 4.79. The van der Waals surface area contributed by atoms with Crippen molar-refractivity contribution in [3.05, 3.63) is 53.8 Å². The van der Waals surface area contributed by atoms with Crippen LogP contribution in [0.4, 0.5) is 10.1 Å². The van der Waals surface area contributed by atoms with Gasteiger partial charge in [0.25, 0.3) is 0 Å². The standard InChI is InChI=1S/C28H38FN3O4/c1-34-23-10-8-22(27(18-23)35-2)20-30-13-12-25(21(19-30)9-11-28(33)36-3)31-14-16-32(17-15-31)26-7-5-4-6-24(26)29/h4-8,10,18,21,25H,9,11-17,19-20H2,1-3H3/t21-,25+/m0/s1. The van der Waals surface area contributed by atoms with E-state index < -0.39 is 0 Å².